The Hall–Kier alpha value is -2.23. The van der Waals surface area contributed by atoms with E-state index in [2.05, 4.69) is 48.9 Å². The number of rotatable bonds is 3. The third-order valence-corrected chi connectivity index (χ3v) is 5.93. The molecule has 4 heteroatoms. The molecule has 0 saturated carbocycles. The van der Waals surface area contributed by atoms with Crippen LogP contribution in [0.4, 0.5) is 0 Å². The number of carbonyl (C=O) groups excluding carboxylic acids is 1. The van der Waals surface area contributed by atoms with Crippen molar-refractivity contribution in [3.63, 3.8) is 0 Å². The molecule has 2 aromatic rings. The molecule has 1 unspecified atom stereocenters. The Morgan fingerprint density at radius 2 is 2.00 bits per heavy atom. The van der Waals surface area contributed by atoms with E-state index in [-0.39, 0.29) is 11.2 Å². The fourth-order valence-corrected chi connectivity index (χ4v) is 5.04. The van der Waals surface area contributed by atoms with E-state index in [1.54, 1.807) is 0 Å². The van der Waals surface area contributed by atoms with Crippen molar-refractivity contribution >= 4 is 5.78 Å². The van der Waals surface area contributed by atoms with Crippen molar-refractivity contribution in [2.24, 2.45) is 5.41 Å². The van der Waals surface area contributed by atoms with Crippen LogP contribution in [0.15, 0.2) is 35.5 Å². The number of aryl methyl sites for hydroxylation is 1. The molecule has 136 valence electrons. The maximum Gasteiger partial charge on any atom is 0.160 e. The fourth-order valence-electron chi connectivity index (χ4n) is 5.04. The summed E-state index contributed by atoms with van der Waals surface area (Å²) in [5.41, 5.74) is 6.11. The van der Waals surface area contributed by atoms with Gasteiger partial charge in [-0.1, -0.05) is 38.8 Å². The zero-order chi connectivity index (χ0) is 18.5. The first-order valence-electron chi connectivity index (χ1n) is 9.60. The van der Waals surface area contributed by atoms with Crippen LogP contribution < -0.4 is 0 Å². The molecule has 2 aromatic heterocycles. The molecular formula is C22H27N3O. The lowest BCUT2D eigenvalue weighted by molar-refractivity contribution is -0.118. The molecule has 0 aliphatic heterocycles. The fraction of sp³-hybridized carbons (Fsp3) is 0.500. The highest BCUT2D eigenvalue weighted by atomic mass is 16.1. The molecule has 2 aliphatic carbocycles. The van der Waals surface area contributed by atoms with Gasteiger partial charge in [-0.25, -0.2) is 0 Å². The van der Waals surface area contributed by atoms with Crippen LogP contribution in [-0.2, 0) is 23.1 Å². The van der Waals surface area contributed by atoms with Crippen molar-refractivity contribution in [1.82, 2.24) is 15.2 Å². The zero-order valence-corrected chi connectivity index (χ0v) is 16.1. The second-order valence-electron chi connectivity index (χ2n) is 8.71. The van der Waals surface area contributed by atoms with Crippen molar-refractivity contribution < 1.29 is 4.79 Å². The quantitative estimate of drug-likeness (QED) is 0.898. The molecule has 1 N–H and O–H groups in total. The SMILES string of the molecule is CCCc1n[nH]c2c1C(C)(c1ccccn1)C1=C(C2)CC(C)(C)CC1=O. The normalized spacial score (nSPS) is 24.4. The van der Waals surface area contributed by atoms with E-state index in [1.165, 1.54) is 11.1 Å². The van der Waals surface area contributed by atoms with Crippen LogP contribution >= 0.6 is 0 Å². The van der Waals surface area contributed by atoms with Gasteiger partial charge < -0.3 is 0 Å². The largest absolute Gasteiger partial charge is 0.294 e. The van der Waals surface area contributed by atoms with Gasteiger partial charge in [0.15, 0.2) is 5.78 Å². The van der Waals surface area contributed by atoms with Crippen LogP contribution in [0.2, 0.25) is 0 Å². The van der Waals surface area contributed by atoms with Gasteiger partial charge in [0.1, 0.15) is 0 Å². The third kappa shape index (κ3) is 2.46. The van der Waals surface area contributed by atoms with Gasteiger partial charge in [-0.15, -0.1) is 0 Å². The lowest BCUT2D eigenvalue weighted by atomic mass is 9.59. The Morgan fingerprint density at radius 3 is 2.69 bits per heavy atom. The number of hydrogen-bond donors (Lipinski definition) is 1. The summed E-state index contributed by atoms with van der Waals surface area (Å²) in [4.78, 5) is 18.0. The van der Waals surface area contributed by atoms with Crippen molar-refractivity contribution in [3.05, 3.63) is 58.2 Å². The standard InChI is InChI=1S/C22H27N3O/c1-5-8-15-20-16(25-24-15)11-14-12-21(2,3)13-17(26)19(14)22(20,4)18-9-6-7-10-23-18/h6-7,9-10H,5,8,11-13H2,1-4H3,(H,24,25). The molecule has 1 atom stereocenters. The predicted octanol–water partition coefficient (Wildman–Crippen LogP) is 4.31. The van der Waals surface area contributed by atoms with Crippen LogP contribution in [0, 0.1) is 5.41 Å². The van der Waals surface area contributed by atoms with E-state index in [0.717, 1.165) is 48.3 Å². The molecule has 2 aliphatic rings. The first-order chi connectivity index (χ1) is 12.4. The van der Waals surface area contributed by atoms with E-state index in [1.807, 2.05) is 18.3 Å². The maximum atomic E-state index is 13.3. The van der Waals surface area contributed by atoms with Gasteiger partial charge in [-0.3, -0.25) is 14.9 Å². The average Bonchev–Trinajstić information content (AvgIpc) is 2.98. The summed E-state index contributed by atoms with van der Waals surface area (Å²) < 4.78 is 0. The van der Waals surface area contributed by atoms with Crippen LogP contribution in [0.3, 0.4) is 0 Å². The number of pyridine rings is 1. The Balaban J connectivity index is 2.00. The molecular weight excluding hydrogens is 322 g/mol. The highest BCUT2D eigenvalue weighted by molar-refractivity contribution is 6.01. The Morgan fingerprint density at radius 1 is 1.19 bits per heavy atom. The average molecular weight is 349 g/mol. The number of allylic oxidation sites excluding steroid dienone is 2. The van der Waals surface area contributed by atoms with Crippen LogP contribution in [-0.4, -0.2) is 21.0 Å². The number of hydrogen-bond acceptors (Lipinski definition) is 3. The van der Waals surface area contributed by atoms with Crippen molar-refractivity contribution in [3.8, 4) is 0 Å². The van der Waals surface area contributed by atoms with Gasteiger partial charge in [0.2, 0.25) is 0 Å². The molecule has 26 heavy (non-hydrogen) atoms. The summed E-state index contributed by atoms with van der Waals surface area (Å²) in [7, 11) is 0. The van der Waals surface area contributed by atoms with Gasteiger partial charge in [0.05, 0.1) is 16.8 Å². The second kappa shape index (κ2) is 5.90. The smallest absolute Gasteiger partial charge is 0.160 e. The number of carbonyl (C=O) groups is 1. The minimum atomic E-state index is -0.519. The van der Waals surface area contributed by atoms with Crippen LogP contribution in [0.5, 0.6) is 0 Å². The molecule has 2 heterocycles. The predicted molar refractivity (Wildman–Crippen MR) is 102 cm³/mol. The van der Waals surface area contributed by atoms with Gasteiger partial charge in [0, 0.05) is 35.9 Å². The van der Waals surface area contributed by atoms with E-state index in [9.17, 15) is 4.79 Å². The molecule has 0 aromatic carbocycles. The molecule has 0 radical (unpaired) electrons. The second-order valence-corrected chi connectivity index (χ2v) is 8.71. The van der Waals surface area contributed by atoms with Gasteiger partial charge in [0.25, 0.3) is 0 Å². The lowest BCUT2D eigenvalue weighted by Crippen LogP contribution is -2.41. The molecule has 0 bridgehead atoms. The van der Waals surface area contributed by atoms with E-state index in [4.69, 9.17) is 0 Å². The van der Waals surface area contributed by atoms with Crippen LogP contribution in [0.1, 0.15) is 69.6 Å². The van der Waals surface area contributed by atoms with Gasteiger partial charge in [-0.05, 0) is 37.3 Å². The summed E-state index contributed by atoms with van der Waals surface area (Å²) in [6.07, 6.45) is 6.13. The van der Waals surface area contributed by atoms with E-state index >= 15 is 0 Å². The summed E-state index contributed by atoms with van der Waals surface area (Å²) in [5.74, 6) is 0.277. The Labute approximate surface area is 155 Å². The number of ketones is 1. The summed E-state index contributed by atoms with van der Waals surface area (Å²) in [6.45, 7) is 8.73. The minimum Gasteiger partial charge on any atom is -0.294 e. The monoisotopic (exact) mass is 349 g/mol. The third-order valence-electron chi connectivity index (χ3n) is 5.93. The number of H-pyrrole nitrogens is 1. The number of nitrogens with one attached hydrogen (secondary N) is 1. The molecule has 4 nitrogen and oxygen atoms in total. The molecule has 0 saturated heterocycles. The molecule has 4 rings (SSSR count). The minimum absolute atomic E-state index is 0.0186. The van der Waals surface area contributed by atoms with Gasteiger partial charge in [-0.2, -0.15) is 5.10 Å². The van der Waals surface area contributed by atoms with Crippen molar-refractivity contribution in [2.75, 3.05) is 0 Å². The molecule has 0 amide bonds. The highest BCUT2D eigenvalue weighted by Crippen LogP contribution is 2.52. The van der Waals surface area contributed by atoms with Gasteiger partial charge >= 0.3 is 0 Å². The Kier molecular flexibility index (Phi) is 3.90. The number of Topliss-reactive ketones (excluding diaryl/α,β-unsaturated/α-hetero) is 1. The van der Waals surface area contributed by atoms with Crippen LogP contribution in [0.25, 0.3) is 0 Å². The van der Waals surface area contributed by atoms with Crippen molar-refractivity contribution in [2.45, 2.75) is 65.2 Å². The van der Waals surface area contributed by atoms with Crippen molar-refractivity contribution in [1.29, 1.82) is 0 Å². The topological polar surface area (TPSA) is 58.6 Å². The summed E-state index contributed by atoms with van der Waals surface area (Å²) in [5, 5.41) is 7.93. The first kappa shape index (κ1) is 17.2. The number of aromatic nitrogens is 3. The first-order valence-corrected chi connectivity index (χ1v) is 9.60. The number of aromatic amines is 1. The highest BCUT2D eigenvalue weighted by Gasteiger charge is 2.49. The zero-order valence-electron chi connectivity index (χ0n) is 16.1. The number of nitrogens with zero attached hydrogens (tertiary/aromatic N) is 2. The number of fused-ring (bicyclic) bond motifs is 1. The molecule has 0 spiro atoms. The molecule has 0 fully saturated rings. The lowest BCUT2D eigenvalue weighted by Gasteiger charge is -2.43. The van der Waals surface area contributed by atoms with E-state index < -0.39 is 5.41 Å². The summed E-state index contributed by atoms with van der Waals surface area (Å²) >= 11 is 0. The van der Waals surface area contributed by atoms with E-state index in [0.29, 0.717) is 6.42 Å². The Bertz CT molecular complexity index is 891. The summed E-state index contributed by atoms with van der Waals surface area (Å²) in [6, 6.07) is 5.99. The maximum absolute atomic E-state index is 13.3.